The third-order valence-electron chi connectivity index (χ3n) is 2.08. The number of nitrogens with one attached hydrogen (secondary N) is 1. The Balaban J connectivity index is 2.50. The molecule has 0 amide bonds. The second-order valence-corrected chi connectivity index (χ2v) is 4.61. The van der Waals surface area contributed by atoms with Crippen LogP contribution in [0.2, 0.25) is 0 Å². The van der Waals surface area contributed by atoms with Crippen LogP contribution in [-0.4, -0.2) is 52.8 Å². The van der Waals surface area contributed by atoms with E-state index in [1.54, 1.807) is 13.1 Å². The van der Waals surface area contributed by atoms with Gasteiger partial charge in [-0.05, 0) is 34.0 Å². The first kappa shape index (κ1) is 12.9. The van der Waals surface area contributed by atoms with Crippen molar-refractivity contribution >= 4 is 5.95 Å². The number of hydrogen-bond donors (Lipinski definition) is 2. The van der Waals surface area contributed by atoms with E-state index in [-0.39, 0.29) is 0 Å². The number of likely N-dealkylation sites (N-methyl/N-ethyl adjacent to an activating group) is 1. The molecule has 0 aliphatic carbocycles. The van der Waals surface area contributed by atoms with Crippen LogP contribution in [0, 0.1) is 6.92 Å². The maximum Gasteiger partial charge on any atom is 0.222 e. The summed E-state index contributed by atoms with van der Waals surface area (Å²) in [6, 6.07) is 1.84. The van der Waals surface area contributed by atoms with E-state index in [0.717, 1.165) is 5.69 Å². The Labute approximate surface area is 96.5 Å². The first-order chi connectivity index (χ1) is 7.39. The number of aryl methyl sites for hydroxylation is 1. The number of aromatic nitrogens is 2. The molecule has 5 heteroatoms. The molecule has 16 heavy (non-hydrogen) atoms. The fraction of sp³-hybridized carbons (Fsp3) is 0.636. The summed E-state index contributed by atoms with van der Waals surface area (Å²) in [5.41, 5.74) is 0.112. The molecule has 1 atom stereocenters. The van der Waals surface area contributed by atoms with Gasteiger partial charge in [0.2, 0.25) is 5.95 Å². The molecular weight excluding hydrogens is 204 g/mol. The lowest BCUT2D eigenvalue weighted by Gasteiger charge is -2.27. The molecule has 1 rings (SSSR count). The van der Waals surface area contributed by atoms with Crippen LogP contribution in [0.25, 0.3) is 0 Å². The third-order valence-corrected chi connectivity index (χ3v) is 2.08. The molecule has 0 aliphatic rings. The van der Waals surface area contributed by atoms with Crippen molar-refractivity contribution in [1.82, 2.24) is 14.9 Å². The summed E-state index contributed by atoms with van der Waals surface area (Å²) in [5, 5.41) is 13.1. The standard InChI is InChI=1S/C11H20N4O/c1-9-5-6-12-10(14-9)13-7-11(2,16)8-15(3)4/h5-6,16H,7-8H2,1-4H3,(H,12,13,14). The summed E-state index contributed by atoms with van der Waals surface area (Å²) in [6.45, 7) is 4.71. The minimum atomic E-state index is -0.795. The Morgan fingerprint density at radius 3 is 2.75 bits per heavy atom. The quantitative estimate of drug-likeness (QED) is 0.763. The van der Waals surface area contributed by atoms with Crippen molar-refractivity contribution in [2.24, 2.45) is 0 Å². The van der Waals surface area contributed by atoms with Gasteiger partial charge in [0.1, 0.15) is 0 Å². The van der Waals surface area contributed by atoms with Gasteiger partial charge in [-0.25, -0.2) is 9.97 Å². The lowest BCUT2D eigenvalue weighted by Crippen LogP contribution is -2.43. The van der Waals surface area contributed by atoms with Crippen LogP contribution in [0.1, 0.15) is 12.6 Å². The topological polar surface area (TPSA) is 61.3 Å². The molecule has 0 radical (unpaired) electrons. The second kappa shape index (κ2) is 5.23. The summed E-state index contributed by atoms with van der Waals surface area (Å²) in [4.78, 5) is 10.2. The summed E-state index contributed by atoms with van der Waals surface area (Å²) in [6.07, 6.45) is 1.70. The summed E-state index contributed by atoms with van der Waals surface area (Å²) < 4.78 is 0. The molecule has 1 heterocycles. The first-order valence-corrected chi connectivity index (χ1v) is 5.30. The number of hydrogen-bond acceptors (Lipinski definition) is 5. The number of nitrogens with zero attached hydrogens (tertiary/aromatic N) is 3. The van der Waals surface area contributed by atoms with E-state index < -0.39 is 5.60 Å². The molecule has 0 saturated heterocycles. The maximum atomic E-state index is 10.1. The molecule has 1 unspecified atom stereocenters. The van der Waals surface area contributed by atoms with Crippen molar-refractivity contribution in [2.75, 3.05) is 32.5 Å². The van der Waals surface area contributed by atoms with Gasteiger partial charge < -0.3 is 15.3 Å². The molecule has 0 spiro atoms. The monoisotopic (exact) mass is 224 g/mol. The molecule has 0 aromatic carbocycles. The SMILES string of the molecule is Cc1ccnc(NCC(C)(O)CN(C)C)n1. The molecule has 0 aliphatic heterocycles. The van der Waals surface area contributed by atoms with E-state index in [1.165, 1.54) is 0 Å². The van der Waals surface area contributed by atoms with Gasteiger partial charge in [0.25, 0.3) is 0 Å². The molecule has 1 aromatic heterocycles. The zero-order valence-corrected chi connectivity index (χ0v) is 10.4. The molecule has 2 N–H and O–H groups in total. The van der Waals surface area contributed by atoms with Gasteiger partial charge in [-0.3, -0.25) is 0 Å². The number of rotatable bonds is 5. The molecule has 0 saturated carbocycles. The average molecular weight is 224 g/mol. The van der Waals surface area contributed by atoms with E-state index in [1.807, 2.05) is 32.0 Å². The molecular formula is C11H20N4O. The second-order valence-electron chi connectivity index (χ2n) is 4.61. The predicted octanol–water partition coefficient (Wildman–Crippen LogP) is 0.510. The van der Waals surface area contributed by atoms with Crippen LogP contribution < -0.4 is 5.32 Å². The third kappa shape index (κ3) is 4.55. The lowest BCUT2D eigenvalue weighted by atomic mass is 10.1. The predicted molar refractivity (Wildman–Crippen MR) is 64.4 cm³/mol. The Morgan fingerprint density at radius 2 is 2.19 bits per heavy atom. The van der Waals surface area contributed by atoms with Gasteiger partial charge in [0, 0.05) is 25.0 Å². The average Bonchev–Trinajstić information content (AvgIpc) is 2.13. The highest BCUT2D eigenvalue weighted by Gasteiger charge is 2.21. The van der Waals surface area contributed by atoms with E-state index >= 15 is 0 Å². The lowest BCUT2D eigenvalue weighted by molar-refractivity contribution is 0.0458. The zero-order valence-electron chi connectivity index (χ0n) is 10.4. The van der Waals surface area contributed by atoms with Crippen LogP contribution in [0.5, 0.6) is 0 Å². The van der Waals surface area contributed by atoms with E-state index in [2.05, 4.69) is 15.3 Å². The van der Waals surface area contributed by atoms with Gasteiger partial charge in [-0.2, -0.15) is 0 Å². The smallest absolute Gasteiger partial charge is 0.222 e. The van der Waals surface area contributed by atoms with Crippen LogP contribution in [0.3, 0.4) is 0 Å². The van der Waals surface area contributed by atoms with Gasteiger partial charge in [-0.1, -0.05) is 0 Å². The largest absolute Gasteiger partial charge is 0.387 e. The van der Waals surface area contributed by atoms with Crippen molar-refractivity contribution in [3.05, 3.63) is 18.0 Å². The first-order valence-electron chi connectivity index (χ1n) is 5.30. The fourth-order valence-electron chi connectivity index (χ4n) is 1.54. The van der Waals surface area contributed by atoms with Crippen LogP contribution in [0.4, 0.5) is 5.95 Å². The molecule has 0 bridgehead atoms. The van der Waals surface area contributed by atoms with Crippen molar-refractivity contribution in [3.8, 4) is 0 Å². The molecule has 90 valence electrons. The maximum absolute atomic E-state index is 10.1. The van der Waals surface area contributed by atoms with Crippen LogP contribution >= 0.6 is 0 Å². The van der Waals surface area contributed by atoms with Gasteiger partial charge in [-0.15, -0.1) is 0 Å². The van der Waals surface area contributed by atoms with Gasteiger partial charge >= 0.3 is 0 Å². The molecule has 0 fully saturated rings. The minimum absolute atomic E-state index is 0.425. The molecule has 5 nitrogen and oxygen atoms in total. The van der Waals surface area contributed by atoms with Crippen LogP contribution in [-0.2, 0) is 0 Å². The highest BCUT2D eigenvalue weighted by Crippen LogP contribution is 2.06. The van der Waals surface area contributed by atoms with Crippen molar-refractivity contribution < 1.29 is 5.11 Å². The van der Waals surface area contributed by atoms with Crippen molar-refractivity contribution in [3.63, 3.8) is 0 Å². The fourth-order valence-corrected chi connectivity index (χ4v) is 1.54. The summed E-state index contributed by atoms with van der Waals surface area (Å²) in [7, 11) is 3.86. The van der Waals surface area contributed by atoms with Gasteiger partial charge in [0.15, 0.2) is 0 Å². The van der Waals surface area contributed by atoms with E-state index in [4.69, 9.17) is 0 Å². The Hall–Kier alpha value is -1.20. The van der Waals surface area contributed by atoms with Gasteiger partial charge in [0.05, 0.1) is 5.60 Å². The van der Waals surface area contributed by atoms with Crippen molar-refractivity contribution in [1.29, 1.82) is 0 Å². The minimum Gasteiger partial charge on any atom is -0.387 e. The highest BCUT2D eigenvalue weighted by molar-refractivity contribution is 5.25. The zero-order chi connectivity index (χ0) is 12.2. The Kier molecular flexibility index (Phi) is 4.20. The summed E-state index contributed by atoms with van der Waals surface area (Å²) in [5.74, 6) is 0.555. The highest BCUT2D eigenvalue weighted by atomic mass is 16.3. The van der Waals surface area contributed by atoms with Crippen molar-refractivity contribution in [2.45, 2.75) is 19.4 Å². The van der Waals surface area contributed by atoms with E-state index in [0.29, 0.717) is 19.0 Å². The summed E-state index contributed by atoms with van der Waals surface area (Å²) >= 11 is 0. The van der Waals surface area contributed by atoms with E-state index in [9.17, 15) is 5.11 Å². The Morgan fingerprint density at radius 1 is 1.50 bits per heavy atom. The molecule has 1 aromatic rings. The number of anilines is 1. The number of aliphatic hydroxyl groups is 1. The normalized spacial score (nSPS) is 14.9. The van der Waals surface area contributed by atoms with Crippen LogP contribution in [0.15, 0.2) is 12.3 Å². The Bertz CT molecular complexity index is 339.